The largest absolute Gasteiger partial charge is 0.504 e. The van der Waals surface area contributed by atoms with Gasteiger partial charge in [0.1, 0.15) is 7.85 Å². The number of carbonyl (C=O) groups excluding carboxylic acids is 1. The molecular weight excluding hydrogens is 427 g/mol. The van der Waals surface area contributed by atoms with Crippen LogP contribution in [0.3, 0.4) is 0 Å². The van der Waals surface area contributed by atoms with Crippen LogP contribution in [-0.4, -0.2) is 18.7 Å². The Kier molecular flexibility index (Phi) is 5.10. The van der Waals surface area contributed by atoms with E-state index >= 15 is 0 Å². The third-order valence-electron chi connectivity index (χ3n) is 13.1. The molecule has 2 nitrogen and oxygen atoms in total. The van der Waals surface area contributed by atoms with Crippen molar-refractivity contribution < 1.29 is 9.90 Å². The van der Waals surface area contributed by atoms with Gasteiger partial charge in [-0.1, -0.05) is 71.4 Å². The highest BCUT2D eigenvalue weighted by Gasteiger charge is 2.71. The van der Waals surface area contributed by atoms with Gasteiger partial charge in [0, 0.05) is 11.0 Å². The van der Waals surface area contributed by atoms with Crippen LogP contribution >= 0.6 is 0 Å². The molecule has 0 saturated heterocycles. The maximum atomic E-state index is 12.7. The fraction of sp³-hybridized carbons (Fsp3) is 0.656. The monoisotopic (exact) mass is 472 g/mol. The Hall–Kier alpha value is -1.77. The first-order valence-electron chi connectivity index (χ1n) is 13.9. The van der Waals surface area contributed by atoms with Crippen molar-refractivity contribution in [3.63, 3.8) is 0 Å². The van der Waals surface area contributed by atoms with E-state index in [0.29, 0.717) is 5.41 Å². The SMILES string of the molecule is BC12C[C@](C)(C(=C)CC)CCC1(C)CCC1(C)C3=CC=C4C(=CC(=O)C(O)=C4C)C3(C)CC[C@]12C. The average Bonchev–Trinajstić information content (AvgIpc) is 2.81. The molecule has 0 aromatic rings. The van der Waals surface area contributed by atoms with E-state index in [9.17, 15) is 9.90 Å². The minimum atomic E-state index is -0.236. The summed E-state index contributed by atoms with van der Waals surface area (Å²) in [6, 6.07) is 0. The van der Waals surface area contributed by atoms with Crippen LogP contribution in [-0.2, 0) is 4.79 Å². The van der Waals surface area contributed by atoms with Crippen LogP contribution in [0, 0.1) is 27.1 Å². The Labute approximate surface area is 214 Å². The molecule has 3 heteroatoms. The van der Waals surface area contributed by atoms with Crippen LogP contribution in [0.25, 0.3) is 0 Å². The number of aliphatic hydroxyl groups is 1. The molecule has 0 heterocycles. The van der Waals surface area contributed by atoms with Gasteiger partial charge in [-0.25, -0.2) is 0 Å². The zero-order valence-electron chi connectivity index (χ0n) is 23.5. The van der Waals surface area contributed by atoms with Gasteiger partial charge < -0.3 is 5.11 Å². The molecular formula is C32H45BO2. The van der Waals surface area contributed by atoms with Crippen LogP contribution < -0.4 is 0 Å². The lowest BCUT2D eigenvalue weighted by molar-refractivity contribution is -0.144. The van der Waals surface area contributed by atoms with Crippen molar-refractivity contribution >= 4 is 13.6 Å². The lowest BCUT2D eigenvalue weighted by atomic mass is 9.24. The Morgan fingerprint density at radius 3 is 2.34 bits per heavy atom. The molecule has 3 saturated carbocycles. The smallest absolute Gasteiger partial charge is 0.220 e. The van der Waals surface area contributed by atoms with Gasteiger partial charge in [0.25, 0.3) is 0 Å². The van der Waals surface area contributed by atoms with Crippen molar-refractivity contribution in [3.8, 4) is 0 Å². The number of aliphatic hydroxyl groups excluding tert-OH is 1. The van der Waals surface area contributed by atoms with Crippen molar-refractivity contribution in [2.24, 2.45) is 27.1 Å². The number of carbonyl (C=O) groups is 1. The van der Waals surface area contributed by atoms with Gasteiger partial charge in [-0.2, -0.15) is 0 Å². The lowest BCUT2D eigenvalue weighted by Gasteiger charge is -2.75. The summed E-state index contributed by atoms with van der Waals surface area (Å²) in [5.74, 6) is -0.328. The third-order valence-corrected chi connectivity index (χ3v) is 13.1. The number of allylic oxidation sites excluding steroid dienone is 8. The van der Waals surface area contributed by atoms with Crippen molar-refractivity contribution in [1.29, 1.82) is 0 Å². The predicted octanol–water partition coefficient (Wildman–Crippen LogP) is 7.75. The quantitative estimate of drug-likeness (QED) is 0.329. The minimum Gasteiger partial charge on any atom is -0.504 e. The summed E-state index contributed by atoms with van der Waals surface area (Å²) >= 11 is 0. The number of fused-ring (bicyclic) bond motifs is 7. The first-order chi connectivity index (χ1) is 16.1. The fourth-order valence-corrected chi connectivity index (χ4v) is 9.82. The normalized spacial score (nSPS) is 46.9. The van der Waals surface area contributed by atoms with Crippen LogP contribution in [0.1, 0.15) is 99.8 Å². The van der Waals surface area contributed by atoms with Crippen molar-refractivity contribution in [2.75, 3.05) is 0 Å². The number of ketones is 1. The summed E-state index contributed by atoms with van der Waals surface area (Å²) in [7, 11) is 2.63. The average molecular weight is 473 g/mol. The van der Waals surface area contributed by atoms with Crippen molar-refractivity contribution in [1.82, 2.24) is 0 Å². The van der Waals surface area contributed by atoms with Crippen LogP contribution in [0.5, 0.6) is 0 Å². The minimum absolute atomic E-state index is 0.0586. The summed E-state index contributed by atoms with van der Waals surface area (Å²) in [5.41, 5.74) is 6.45. The second-order valence-electron chi connectivity index (χ2n) is 14.1. The van der Waals surface area contributed by atoms with E-state index in [1.54, 1.807) is 6.08 Å². The summed E-state index contributed by atoms with van der Waals surface area (Å²) in [6.07, 6.45) is 15.8. The van der Waals surface area contributed by atoms with Gasteiger partial charge in [0.05, 0.1) is 0 Å². The lowest BCUT2D eigenvalue weighted by Crippen LogP contribution is -2.64. The number of hydrogen-bond acceptors (Lipinski definition) is 2. The Morgan fingerprint density at radius 1 is 1.03 bits per heavy atom. The summed E-state index contributed by atoms with van der Waals surface area (Å²) < 4.78 is 0. The summed E-state index contributed by atoms with van der Waals surface area (Å²) in [6.45, 7) is 21.3. The number of rotatable bonds is 2. The molecule has 0 aliphatic heterocycles. The molecule has 5 aliphatic rings. The molecule has 5 rings (SSSR count). The second kappa shape index (κ2) is 7.17. The van der Waals surface area contributed by atoms with E-state index in [1.165, 1.54) is 43.3 Å². The highest BCUT2D eigenvalue weighted by atomic mass is 16.3. The molecule has 1 N–H and O–H groups in total. The van der Waals surface area contributed by atoms with Gasteiger partial charge in [-0.05, 0) is 102 Å². The zero-order chi connectivity index (χ0) is 25.8. The first-order valence-corrected chi connectivity index (χ1v) is 13.9. The molecule has 3 fully saturated rings. The van der Waals surface area contributed by atoms with E-state index < -0.39 is 0 Å². The Balaban J connectivity index is 1.67. The van der Waals surface area contributed by atoms with Gasteiger partial charge in [-0.15, -0.1) is 0 Å². The maximum absolute atomic E-state index is 12.7. The van der Waals surface area contributed by atoms with Gasteiger partial charge >= 0.3 is 0 Å². The fourth-order valence-electron chi connectivity index (χ4n) is 9.82. The molecule has 6 atom stereocenters. The maximum Gasteiger partial charge on any atom is 0.220 e. The molecule has 0 aromatic carbocycles. The van der Waals surface area contributed by atoms with Crippen molar-refractivity contribution in [2.45, 2.75) is 105 Å². The molecule has 35 heavy (non-hydrogen) atoms. The molecule has 0 spiro atoms. The molecule has 188 valence electrons. The molecule has 0 aromatic heterocycles. The molecule has 0 bridgehead atoms. The standard InChI is InChI=1S/C32H45BO2/c1-9-20(2)27(4)12-13-28(5)14-16-30(7)25-11-10-22-21(3)26(35)24(34)18-23(22)29(25,6)15-17-31(30,8)32(28,33)19-27/h10-11,18,35H,2,9,12-17,19,33H2,1,3-8H3/t27-,28?,29?,30?,31-,32?/m1/s1. The molecule has 4 unspecified atom stereocenters. The summed E-state index contributed by atoms with van der Waals surface area (Å²) in [5, 5.41) is 10.6. The second-order valence-corrected chi connectivity index (χ2v) is 14.1. The van der Waals surface area contributed by atoms with Crippen LogP contribution in [0.2, 0.25) is 5.31 Å². The highest BCUT2D eigenvalue weighted by molar-refractivity contribution is 6.17. The van der Waals surface area contributed by atoms with Gasteiger partial charge in [0.15, 0.2) is 5.76 Å². The van der Waals surface area contributed by atoms with E-state index in [-0.39, 0.29) is 38.5 Å². The summed E-state index contributed by atoms with van der Waals surface area (Å²) in [4.78, 5) is 12.7. The van der Waals surface area contributed by atoms with E-state index in [0.717, 1.165) is 36.0 Å². The predicted molar refractivity (Wildman–Crippen MR) is 148 cm³/mol. The van der Waals surface area contributed by atoms with Gasteiger partial charge in [-0.3, -0.25) is 4.79 Å². The highest BCUT2D eigenvalue weighted by Crippen LogP contribution is 2.82. The van der Waals surface area contributed by atoms with E-state index in [4.69, 9.17) is 0 Å². The van der Waals surface area contributed by atoms with Gasteiger partial charge in [0.2, 0.25) is 5.78 Å². The van der Waals surface area contributed by atoms with E-state index in [1.807, 2.05) is 6.92 Å². The molecule has 0 radical (unpaired) electrons. The zero-order valence-corrected chi connectivity index (χ0v) is 23.5. The van der Waals surface area contributed by atoms with Crippen molar-refractivity contribution in [3.05, 3.63) is 58.4 Å². The third kappa shape index (κ3) is 2.76. The van der Waals surface area contributed by atoms with E-state index in [2.05, 4.69) is 68.1 Å². The first kappa shape index (κ1) is 24.9. The Bertz CT molecular complexity index is 1170. The van der Waals surface area contributed by atoms with Crippen LogP contribution in [0.4, 0.5) is 0 Å². The Morgan fingerprint density at radius 2 is 1.69 bits per heavy atom. The molecule has 0 amide bonds. The van der Waals surface area contributed by atoms with Crippen LogP contribution in [0.15, 0.2) is 58.4 Å². The molecule has 5 aliphatic carbocycles. The number of hydrogen-bond donors (Lipinski definition) is 1. The topological polar surface area (TPSA) is 37.3 Å².